The lowest BCUT2D eigenvalue weighted by Crippen LogP contribution is -2.19. The van der Waals surface area contributed by atoms with E-state index in [0.717, 1.165) is 11.3 Å². The van der Waals surface area contributed by atoms with Crippen molar-refractivity contribution in [3.63, 3.8) is 0 Å². The van der Waals surface area contributed by atoms with E-state index in [9.17, 15) is 23.3 Å². The number of aromatic nitrogens is 1. The van der Waals surface area contributed by atoms with Gasteiger partial charge in [0.05, 0.1) is 15.1 Å². The molecule has 0 unspecified atom stereocenters. The number of ether oxygens (including phenoxy) is 2. The number of alkyl halides is 3. The fourth-order valence-corrected chi connectivity index (χ4v) is 2.82. The first-order valence-electron chi connectivity index (χ1n) is 6.83. The number of rotatable bonds is 5. The van der Waals surface area contributed by atoms with Crippen LogP contribution in [0.4, 0.5) is 18.9 Å². The molecule has 0 atom stereocenters. The SMILES string of the molecule is O=[N+]([O-])c1ccc2nc(Oc3ccccc3OCC(F)(F)F)sc2c1. The monoisotopic (exact) mass is 370 g/mol. The summed E-state index contributed by atoms with van der Waals surface area (Å²) in [5.74, 6) is -0.00892. The van der Waals surface area contributed by atoms with Gasteiger partial charge in [-0.25, -0.2) is 4.98 Å². The first-order valence-corrected chi connectivity index (χ1v) is 7.65. The van der Waals surface area contributed by atoms with E-state index in [4.69, 9.17) is 9.47 Å². The second kappa shape index (κ2) is 6.55. The minimum Gasteiger partial charge on any atom is -0.480 e. The van der Waals surface area contributed by atoms with Crippen LogP contribution in [-0.2, 0) is 0 Å². The Labute approximate surface area is 142 Å². The van der Waals surface area contributed by atoms with E-state index in [1.807, 2.05) is 0 Å². The normalized spacial score (nSPS) is 11.5. The Bertz CT molecular complexity index is 927. The van der Waals surface area contributed by atoms with Crippen molar-refractivity contribution in [1.82, 2.24) is 4.98 Å². The summed E-state index contributed by atoms with van der Waals surface area (Å²) < 4.78 is 47.7. The quantitative estimate of drug-likeness (QED) is 0.470. The third-order valence-corrected chi connectivity index (χ3v) is 3.90. The van der Waals surface area contributed by atoms with Gasteiger partial charge in [-0.15, -0.1) is 0 Å². The number of nitrogens with zero attached hydrogens (tertiary/aromatic N) is 2. The van der Waals surface area contributed by atoms with Crippen molar-refractivity contribution in [2.45, 2.75) is 6.18 Å². The van der Waals surface area contributed by atoms with Crippen molar-refractivity contribution in [2.75, 3.05) is 6.61 Å². The molecule has 3 rings (SSSR count). The fraction of sp³-hybridized carbons (Fsp3) is 0.133. The van der Waals surface area contributed by atoms with E-state index < -0.39 is 17.7 Å². The van der Waals surface area contributed by atoms with Gasteiger partial charge in [0.2, 0.25) is 0 Å². The third kappa shape index (κ3) is 4.15. The van der Waals surface area contributed by atoms with Gasteiger partial charge in [-0.05, 0) is 18.2 Å². The summed E-state index contributed by atoms with van der Waals surface area (Å²) in [6.07, 6.45) is -4.47. The van der Waals surface area contributed by atoms with Crippen molar-refractivity contribution in [2.24, 2.45) is 0 Å². The summed E-state index contributed by atoms with van der Waals surface area (Å²) in [5, 5.41) is 10.9. The molecule has 0 N–H and O–H groups in total. The average Bonchev–Trinajstić information content (AvgIpc) is 2.94. The molecule has 3 aromatic rings. The van der Waals surface area contributed by atoms with Crippen LogP contribution >= 0.6 is 11.3 Å². The summed E-state index contributed by atoms with van der Waals surface area (Å²) >= 11 is 1.04. The topological polar surface area (TPSA) is 74.5 Å². The van der Waals surface area contributed by atoms with Crippen LogP contribution in [0.2, 0.25) is 0 Å². The molecule has 0 radical (unpaired) electrons. The molecular weight excluding hydrogens is 361 g/mol. The van der Waals surface area contributed by atoms with Crippen molar-refractivity contribution in [3.05, 3.63) is 52.6 Å². The lowest BCUT2D eigenvalue weighted by Gasteiger charge is -2.12. The van der Waals surface area contributed by atoms with Gasteiger partial charge in [-0.1, -0.05) is 23.5 Å². The molecule has 0 saturated carbocycles. The third-order valence-electron chi connectivity index (χ3n) is 3.00. The Morgan fingerprint density at radius 1 is 1.16 bits per heavy atom. The fourth-order valence-electron chi connectivity index (χ4n) is 1.96. The van der Waals surface area contributed by atoms with Gasteiger partial charge in [0.25, 0.3) is 10.9 Å². The van der Waals surface area contributed by atoms with Gasteiger partial charge in [-0.2, -0.15) is 13.2 Å². The van der Waals surface area contributed by atoms with Crippen LogP contribution in [0.5, 0.6) is 16.7 Å². The maximum Gasteiger partial charge on any atom is 0.422 e. The molecule has 2 aromatic carbocycles. The summed E-state index contributed by atoms with van der Waals surface area (Å²) in [7, 11) is 0. The predicted octanol–water partition coefficient (Wildman–Crippen LogP) is 4.94. The van der Waals surface area contributed by atoms with Gasteiger partial charge in [0.1, 0.15) is 0 Å². The molecule has 130 valence electrons. The first kappa shape index (κ1) is 17.0. The molecule has 0 amide bonds. The van der Waals surface area contributed by atoms with E-state index in [-0.39, 0.29) is 22.4 Å². The van der Waals surface area contributed by atoms with Crippen LogP contribution in [0.15, 0.2) is 42.5 Å². The molecule has 0 aliphatic rings. The van der Waals surface area contributed by atoms with Gasteiger partial charge >= 0.3 is 6.18 Å². The highest BCUT2D eigenvalue weighted by atomic mass is 32.1. The highest BCUT2D eigenvalue weighted by molar-refractivity contribution is 7.20. The molecule has 10 heteroatoms. The summed E-state index contributed by atoms with van der Waals surface area (Å²) in [6.45, 7) is -1.45. The van der Waals surface area contributed by atoms with Crippen LogP contribution < -0.4 is 9.47 Å². The molecule has 0 bridgehead atoms. The number of hydrogen-bond donors (Lipinski definition) is 0. The maximum atomic E-state index is 12.3. The van der Waals surface area contributed by atoms with Crippen LogP contribution in [0.3, 0.4) is 0 Å². The van der Waals surface area contributed by atoms with E-state index >= 15 is 0 Å². The summed E-state index contributed by atoms with van der Waals surface area (Å²) in [5.41, 5.74) is 0.399. The lowest BCUT2D eigenvalue weighted by atomic mass is 10.3. The Morgan fingerprint density at radius 3 is 2.56 bits per heavy atom. The van der Waals surface area contributed by atoms with Crippen molar-refractivity contribution >= 4 is 27.2 Å². The van der Waals surface area contributed by atoms with E-state index in [2.05, 4.69) is 4.98 Å². The molecule has 0 aliphatic carbocycles. The lowest BCUT2D eigenvalue weighted by molar-refractivity contribution is -0.384. The molecule has 1 aromatic heterocycles. The zero-order valence-electron chi connectivity index (χ0n) is 12.3. The minimum absolute atomic E-state index is 0.0697. The Hall–Kier alpha value is -2.88. The molecule has 0 spiro atoms. The zero-order chi connectivity index (χ0) is 18.0. The predicted molar refractivity (Wildman–Crippen MR) is 84.3 cm³/mol. The minimum atomic E-state index is -4.47. The van der Waals surface area contributed by atoms with E-state index in [1.165, 1.54) is 36.4 Å². The number of nitro groups is 1. The van der Waals surface area contributed by atoms with Crippen molar-refractivity contribution < 1.29 is 27.6 Å². The first-order chi connectivity index (χ1) is 11.8. The molecule has 1 heterocycles. The molecule has 25 heavy (non-hydrogen) atoms. The number of hydrogen-bond acceptors (Lipinski definition) is 6. The number of non-ortho nitro benzene ring substituents is 1. The second-order valence-electron chi connectivity index (χ2n) is 4.84. The van der Waals surface area contributed by atoms with E-state index in [1.54, 1.807) is 6.07 Å². The number of para-hydroxylation sites is 2. The van der Waals surface area contributed by atoms with Gasteiger partial charge in [-0.3, -0.25) is 10.1 Å². The van der Waals surface area contributed by atoms with Crippen LogP contribution in [0.1, 0.15) is 0 Å². The number of benzene rings is 2. The smallest absolute Gasteiger partial charge is 0.422 e. The number of halogens is 3. The van der Waals surface area contributed by atoms with Crippen LogP contribution in [-0.4, -0.2) is 22.7 Å². The largest absolute Gasteiger partial charge is 0.480 e. The zero-order valence-corrected chi connectivity index (χ0v) is 13.1. The Kier molecular flexibility index (Phi) is 4.45. The highest BCUT2D eigenvalue weighted by Crippen LogP contribution is 2.37. The molecule has 0 aliphatic heterocycles. The standard InChI is InChI=1S/C15H9F3N2O4S/c16-15(17,18)8-23-11-3-1-2-4-12(11)24-14-19-10-6-5-9(20(21)22)7-13(10)25-14/h1-7H,8H2. The molecular formula is C15H9F3N2O4S. The average molecular weight is 370 g/mol. The van der Waals surface area contributed by atoms with Crippen molar-refractivity contribution in [1.29, 1.82) is 0 Å². The number of fused-ring (bicyclic) bond motifs is 1. The van der Waals surface area contributed by atoms with Crippen LogP contribution in [0.25, 0.3) is 10.2 Å². The number of nitro benzene ring substituents is 1. The van der Waals surface area contributed by atoms with Gasteiger partial charge in [0.15, 0.2) is 18.1 Å². The Morgan fingerprint density at radius 2 is 1.88 bits per heavy atom. The molecule has 6 nitrogen and oxygen atoms in total. The maximum absolute atomic E-state index is 12.3. The van der Waals surface area contributed by atoms with Crippen molar-refractivity contribution in [3.8, 4) is 16.7 Å². The second-order valence-corrected chi connectivity index (χ2v) is 5.83. The number of thiazole rings is 1. The van der Waals surface area contributed by atoms with Crippen LogP contribution in [0, 0.1) is 10.1 Å². The van der Waals surface area contributed by atoms with Gasteiger partial charge in [0, 0.05) is 12.1 Å². The molecule has 0 saturated heterocycles. The Balaban J connectivity index is 1.85. The van der Waals surface area contributed by atoms with E-state index in [0.29, 0.717) is 10.2 Å². The van der Waals surface area contributed by atoms with Gasteiger partial charge < -0.3 is 9.47 Å². The summed E-state index contributed by atoms with van der Waals surface area (Å²) in [6, 6.07) is 10.0. The summed E-state index contributed by atoms with van der Waals surface area (Å²) in [4.78, 5) is 14.4. The highest BCUT2D eigenvalue weighted by Gasteiger charge is 2.29. The molecule has 0 fully saturated rings.